The van der Waals surface area contributed by atoms with E-state index in [1.54, 1.807) is 30.3 Å². The van der Waals surface area contributed by atoms with Crippen LogP contribution in [0.5, 0.6) is 0 Å². The van der Waals surface area contributed by atoms with Crippen LogP contribution in [0.15, 0.2) is 48.5 Å². The van der Waals surface area contributed by atoms with Gasteiger partial charge < -0.3 is 0 Å². The predicted octanol–water partition coefficient (Wildman–Crippen LogP) is 4.51. The summed E-state index contributed by atoms with van der Waals surface area (Å²) in [5, 5.41) is 0.558. The van der Waals surface area contributed by atoms with Crippen LogP contribution in [0.3, 0.4) is 0 Å². The molecule has 0 aliphatic heterocycles. The molecule has 2 aromatic rings. The molecule has 0 amide bonds. The van der Waals surface area contributed by atoms with Gasteiger partial charge in [0.1, 0.15) is 0 Å². The first kappa shape index (κ1) is 13.4. The third-order valence-electron chi connectivity index (χ3n) is 2.48. The van der Waals surface area contributed by atoms with Gasteiger partial charge in [-0.2, -0.15) is 0 Å². The molecule has 4 heteroatoms. The standard InChI is InChI=1S/C15H9ClF2O/c16-12-3-1-2-10(8-12)4-7-15(19)11-5-6-13(17)14(18)9-11/h1-9H/b7-4+. The van der Waals surface area contributed by atoms with Crippen LogP contribution in [-0.4, -0.2) is 5.78 Å². The molecule has 0 aliphatic carbocycles. The Morgan fingerprint density at radius 2 is 1.84 bits per heavy atom. The minimum Gasteiger partial charge on any atom is -0.289 e. The lowest BCUT2D eigenvalue weighted by Crippen LogP contribution is -1.96. The maximum Gasteiger partial charge on any atom is 0.185 e. The maximum atomic E-state index is 13.0. The van der Waals surface area contributed by atoms with Crippen molar-refractivity contribution in [3.8, 4) is 0 Å². The van der Waals surface area contributed by atoms with E-state index in [9.17, 15) is 13.6 Å². The largest absolute Gasteiger partial charge is 0.289 e. The minimum absolute atomic E-state index is 0.0946. The highest BCUT2D eigenvalue weighted by atomic mass is 35.5. The average Bonchev–Trinajstić information content (AvgIpc) is 2.39. The quantitative estimate of drug-likeness (QED) is 0.596. The highest BCUT2D eigenvalue weighted by Gasteiger charge is 2.06. The van der Waals surface area contributed by atoms with Crippen molar-refractivity contribution in [3.05, 3.63) is 76.3 Å². The first-order valence-electron chi connectivity index (χ1n) is 5.49. The fraction of sp³-hybridized carbons (Fsp3) is 0. The second-order valence-corrected chi connectivity index (χ2v) is 4.32. The fourth-order valence-corrected chi connectivity index (χ4v) is 1.73. The molecule has 19 heavy (non-hydrogen) atoms. The summed E-state index contributed by atoms with van der Waals surface area (Å²) >= 11 is 5.81. The number of rotatable bonds is 3. The van der Waals surface area contributed by atoms with E-state index in [1.165, 1.54) is 12.1 Å². The highest BCUT2D eigenvalue weighted by molar-refractivity contribution is 6.30. The van der Waals surface area contributed by atoms with Crippen LogP contribution in [0.2, 0.25) is 5.02 Å². The monoisotopic (exact) mass is 278 g/mol. The van der Waals surface area contributed by atoms with E-state index in [0.717, 1.165) is 17.7 Å². The van der Waals surface area contributed by atoms with Gasteiger partial charge in [0.15, 0.2) is 17.4 Å². The first-order chi connectivity index (χ1) is 9.06. The molecule has 0 radical (unpaired) electrons. The molecule has 0 saturated carbocycles. The lowest BCUT2D eigenvalue weighted by molar-refractivity contribution is 0.104. The summed E-state index contributed by atoms with van der Waals surface area (Å²) in [4.78, 5) is 11.8. The Hall–Kier alpha value is -2.00. The van der Waals surface area contributed by atoms with Crippen molar-refractivity contribution in [1.82, 2.24) is 0 Å². The summed E-state index contributed by atoms with van der Waals surface area (Å²) in [5.74, 6) is -2.42. The Bertz CT molecular complexity index is 650. The highest BCUT2D eigenvalue weighted by Crippen LogP contribution is 2.13. The van der Waals surface area contributed by atoms with E-state index in [4.69, 9.17) is 11.6 Å². The zero-order valence-electron chi connectivity index (χ0n) is 9.74. The van der Waals surface area contributed by atoms with Gasteiger partial charge in [0, 0.05) is 10.6 Å². The molecular weight excluding hydrogens is 270 g/mol. The van der Waals surface area contributed by atoms with Gasteiger partial charge in [0.05, 0.1) is 0 Å². The predicted molar refractivity (Wildman–Crippen MR) is 71.2 cm³/mol. The zero-order valence-corrected chi connectivity index (χ0v) is 10.5. The van der Waals surface area contributed by atoms with Gasteiger partial charge >= 0.3 is 0 Å². The molecule has 1 nitrogen and oxygen atoms in total. The number of hydrogen-bond acceptors (Lipinski definition) is 1. The lowest BCUT2D eigenvalue weighted by atomic mass is 10.1. The van der Waals surface area contributed by atoms with Crippen molar-refractivity contribution >= 4 is 23.5 Å². The van der Waals surface area contributed by atoms with Gasteiger partial charge in [-0.05, 0) is 42.0 Å². The van der Waals surface area contributed by atoms with Crippen LogP contribution < -0.4 is 0 Å². The molecule has 0 atom stereocenters. The number of halogens is 3. The van der Waals surface area contributed by atoms with Crippen LogP contribution in [0.1, 0.15) is 15.9 Å². The molecule has 0 saturated heterocycles. The van der Waals surface area contributed by atoms with Crippen molar-refractivity contribution in [1.29, 1.82) is 0 Å². The van der Waals surface area contributed by atoms with Gasteiger partial charge in [-0.25, -0.2) is 8.78 Å². The molecule has 0 fully saturated rings. The van der Waals surface area contributed by atoms with Crippen LogP contribution in [-0.2, 0) is 0 Å². The zero-order chi connectivity index (χ0) is 13.8. The van der Waals surface area contributed by atoms with Crippen LogP contribution in [0, 0.1) is 11.6 Å². The van der Waals surface area contributed by atoms with Gasteiger partial charge in [0.25, 0.3) is 0 Å². The van der Waals surface area contributed by atoms with Crippen molar-refractivity contribution in [3.63, 3.8) is 0 Å². The smallest absolute Gasteiger partial charge is 0.185 e. The molecule has 0 unspecified atom stereocenters. The molecular formula is C15H9ClF2O. The Labute approximate surface area is 114 Å². The minimum atomic E-state index is -1.04. The Balaban J connectivity index is 2.19. The summed E-state index contributed by atoms with van der Waals surface area (Å²) in [5.41, 5.74) is 0.848. The molecule has 0 aliphatic rings. The Morgan fingerprint density at radius 1 is 1.05 bits per heavy atom. The van der Waals surface area contributed by atoms with Crippen LogP contribution in [0.4, 0.5) is 8.78 Å². The molecule has 96 valence electrons. The van der Waals surface area contributed by atoms with Crippen molar-refractivity contribution in [2.24, 2.45) is 0 Å². The summed E-state index contributed by atoms with van der Waals surface area (Å²) in [6.07, 6.45) is 2.85. The van der Waals surface area contributed by atoms with Crippen molar-refractivity contribution < 1.29 is 13.6 Å². The number of carbonyl (C=O) groups excluding carboxylic acids is 1. The van der Waals surface area contributed by atoms with E-state index in [-0.39, 0.29) is 5.56 Å². The molecule has 0 aromatic heterocycles. The lowest BCUT2D eigenvalue weighted by Gasteiger charge is -1.98. The molecule has 0 bridgehead atoms. The van der Waals surface area contributed by atoms with Crippen molar-refractivity contribution in [2.75, 3.05) is 0 Å². The van der Waals surface area contributed by atoms with E-state index in [0.29, 0.717) is 5.02 Å². The van der Waals surface area contributed by atoms with Gasteiger partial charge in [0.2, 0.25) is 0 Å². The Morgan fingerprint density at radius 3 is 2.53 bits per heavy atom. The van der Waals surface area contributed by atoms with E-state index in [1.807, 2.05) is 0 Å². The third-order valence-corrected chi connectivity index (χ3v) is 2.72. The second kappa shape index (κ2) is 5.76. The normalized spacial score (nSPS) is 10.9. The maximum absolute atomic E-state index is 13.0. The fourth-order valence-electron chi connectivity index (χ4n) is 1.53. The Kier molecular flexibility index (Phi) is 4.07. The van der Waals surface area contributed by atoms with Gasteiger partial charge in [-0.1, -0.05) is 29.8 Å². The molecule has 2 aromatic carbocycles. The molecule has 2 rings (SSSR count). The van der Waals surface area contributed by atoms with Gasteiger partial charge in [-0.3, -0.25) is 4.79 Å². The first-order valence-corrected chi connectivity index (χ1v) is 5.87. The number of carbonyl (C=O) groups is 1. The molecule has 0 spiro atoms. The third kappa shape index (κ3) is 3.48. The topological polar surface area (TPSA) is 17.1 Å². The number of allylic oxidation sites excluding steroid dienone is 1. The second-order valence-electron chi connectivity index (χ2n) is 3.88. The molecule has 0 heterocycles. The summed E-state index contributed by atoms with van der Waals surface area (Å²) in [7, 11) is 0. The summed E-state index contributed by atoms with van der Waals surface area (Å²) in [6, 6.07) is 9.98. The van der Waals surface area contributed by atoms with Gasteiger partial charge in [-0.15, -0.1) is 0 Å². The number of ketones is 1. The summed E-state index contributed by atoms with van der Waals surface area (Å²) < 4.78 is 25.7. The molecule has 0 N–H and O–H groups in total. The summed E-state index contributed by atoms with van der Waals surface area (Å²) in [6.45, 7) is 0. The van der Waals surface area contributed by atoms with Crippen LogP contribution in [0.25, 0.3) is 6.08 Å². The average molecular weight is 279 g/mol. The van der Waals surface area contributed by atoms with E-state index in [2.05, 4.69) is 0 Å². The van der Waals surface area contributed by atoms with E-state index >= 15 is 0 Å². The van der Waals surface area contributed by atoms with Crippen molar-refractivity contribution in [2.45, 2.75) is 0 Å². The number of benzene rings is 2. The SMILES string of the molecule is O=C(/C=C/c1cccc(Cl)c1)c1ccc(F)c(F)c1. The van der Waals surface area contributed by atoms with Crippen LogP contribution >= 0.6 is 11.6 Å². The van der Waals surface area contributed by atoms with E-state index < -0.39 is 17.4 Å². The number of hydrogen-bond donors (Lipinski definition) is 0.